The second kappa shape index (κ2) is 8.19. The van der Waals surface area contributed by atoms with Crippen LogP contribution in [0.1, 0.15) is 13.8 Å². The smallest absolute Gasteiger partial charge is 0.353 e. The molecule has 0 aliphatic rings. The predicted molar refractivity (Wildman–Crippen MR) is 99.5 cm³/mol. The Morgan fingerprint density at radius 3 is 2.46 bits per heavy atom. The van der Waals surface area contributed by atoms with E-state index in [9.17, 15) is 10.1 Å². The minimum absolute atomic E-state index is 0.0176. The molecule has 10 nitrogen and oxygen atoms in total. The Labute approximate surface area is 151 Å². The molecule has 140 valence electrons. The van der Waals surface area contributed by atoms with E-state index >= 15 is 0 Å². The molecular weight excluding hydrogens is 340 g/mol. The van der Waals surface area contributed by atoms with Crippen LogP contribution in [0.4, 0.5) is 29.0 Å². The van der Waals surface area contributed by atoms with Crippen molar-refractivity contribution in [1.29, 1.82) is 0 Å². The Hall–Kier alpha value is -3.30. The summed E-state index contributed by atoms with van der Waals surface area (Å²) < 4.78 is 10.5. The Bertz CT molecular complexity index is 795. The fraction of sp³-hybridized carbons (Fsp3) is 0.375. The maximum Gasteiger partial charge on any atom is 0.353 e. The van der Waals surface area contributed by atoms with Crippen molar-refractivity contribution in [2.45, 2.75) is 13.8 Å². The van der Waals surface area contributed by atoms with Gasteiger partial charge in [0.2, 0.25) is 17.6 Å². The first-order chi connectivity index (χ1) is 12.4. The molecule has 10 heteroatoms. The van der Waals surface area contributed by atoms with E-state index in [1.165, 1.54) is 14.2 Å². The highest BCUT2D eigenvalue weighted by Gasteiger charge is 2.25. The van der Waals surface area contributed by atoms with Gasteiger partial charge in [-0.1, -0.05) is 0 Å². The SMILES string of the molecule is CCN(CC)c1nc(N)c([N+](=O)[O-])c(Nc2cc(OC)ccc2OC)n1. The summed E-state index contributed by atoms with van der Waals surface area (Å²) in [6, 6.07) is 5.05. The van der Waals surface area contributed by atoms with Crippen LogP contribution in [0.15, 0.2) is 18.2 Å². The van der Waals surface area contributed by atoms with Crippen LogP contribution in [-0.4, -0.2) is 42.2 Å². The third-order valence-corrected chi connectivity index (χ3v) is 3.79. The van der Waals surface area contributed by atoms with E-state index in [0.29, 0.717) is 36.2 Å². The monoisotopic (exact) mass is 362 g/mol. The van der Waals surface area contributed by atoms with Crippen molar-refractivity contribution < 1.29 is 14.4 Å². The molecule has 1 aromatic heterocycles. The summed E-state index contributed by atoms with van der Waals surface area (Å²) in [5.41, 5.74) is 5.89. The molecule has 1 heterocycles. The van der Waals surface area contributed by atoms with Gasteiger partial charge in [0.1, 0.15) is 11.5 Å². The largest absolute Gasteiger partial charge is 0.497 e. The minimum Gasteiger partial charge on any atom is -0.497 e. The summed E-state index contributed by atoms with van der Waals surface area (Å²) in [6.45, 7) is 5.14. The fourth-order valence-corrected chi connectivity index (χ4v) is 2.41. The van der Waals surface area contributed by atoms with Crippen molar-refractivity contribution in [1.82, 2.24) is 9.97 Å². The second-order valence-corrected chi connectivity index (χ2v) is 5.23. The molecule has 0 radical (unpaired) electrons. The van der Waals surface area contributed by atoms with E-state index in [1.807, 2.05) is 18.7 Å². The number of nitrogens with one attached hydrogen (secondary N) is 1. The normalized spacial score (nSPS) is 10.3. The number of anilines is 4. The Morgan fingerprint density at radius 2 is 1.92 bits per heavy atom. The van der Waals surface area contributed by atoms with Gasteiger partial charge >= 0.3 is 5.69 Å². The van der Waals surface area contributed by atoms with Crippen molar-refractivity contribution in [3.8, 4) is 11.5 Å². The Kier molecular flexibility index (Phi) is 5.99. The predicted octanol–water partition coefficient (Wildman–Crippen LogP) is 2.57. The summed E-state index contributed by atoms with van der Waals surface area (Å²) >= 11 is 0. The van der Waals surface area contributed by atoms with Crippen molar-refractivity contribution in [2.75, 3.05) is 43.3 Å². The molecule has 2 rings (SSSR count). The maximum atomic E-state index is 11.5. The fourth-order valence-electron chi connectivity index (χ4n) is 2.41. The number of nitrogens with zero attached hydrogens (tertiary/aromatic N) is 4. The number of rotatable bonds is 8. The zero-order chi connectivity index (χ0) is 19.3. The third kappa shape index (κ3) is 3.85. The van der Waals surface area contributed by atoms with Crippen LogP contribution in [0.25, 0.3) is 0 Å². The Balaban J connectivity index is 2.58. The lowest BCUT2D eigenvalue weighted by Crippen LogP contribution is -2.25. The lowest BCUT2D eigenvalue weighted by molar-refractivity contribution is -0.383. The van der Waals surface area contributed by atoms with Gasteiger partial charge in [-0.05, 0) is 26.0 Å². The van der Waals surface area contributed by atoms with E-state index < -0.39 is 10.6 Å². The number of methoxy groups -OCH3 is 2. The summed E-state index contributed by atoms with van der Waals surface area (Å²) in [4.78, 5) is 21.1. The average molecular weight is 362 g/mol. The quantitative estimate of drug-likeness (QED) is 0.537. The summed E-state index contributed by atoms with van der Waals surface area (Å²) in [5, 5.41) is 14.4. The van der Waals surface area contributed by atoms with Crippen LogP contribution in [-0.2, 0) is 0 Å². The molecule has 0 saturated carbocycles. The summed E-state index contributed by atoms with van der Waals surface area (Å²) in [5.74, 6) is 1.11. The lowest BCUT2D eigenvalue weighted by atomic mass is 10.2. The van der Waals surface area contributed by atoms with Gasteiger partial charge in [0.05, 0.1) is 24.8 Å². The lowest BCUT2D eigenvalue weighted by Gasteiger charge is -2.20. The van der Waals surface area contributed by atoms with Crippen LogP contribution >= 0.6 is 0 Å². The van der Waals surface area contributed by atoms with Gasteiger partial charge in [-0.25, -0.2) is 0 Å². The average Bonchev–Trinajstić information content (AvgIpc) is 2.62. The van der Waals surface area contributed by atoms with Crippen LogP contribution in [0, 0.1) is 10.1 Å². The number of benzene rings is 1. The number of nitro groups is 1. The molecule has 0 saturated heterocycles. The van der Waals surface area contributed by atoms with Gasteiger partial charge in [0, 0.05) is 19.2 Å². The number of ether oxygens (including phenoxy) is 2. The first kappa shape index (κ1) is 19.0. The summed E-state index contributed by atoms with van der Waals surface area (Å²) in [6.07, 6.45) is 0. The van der Waals surface area contributed by atoms with Crippen molar-refractivity contribution in [3.05, 3.63) is 28.3 Å². The number of aromatic nitrogens is 2. The van der Waals surface area contributed by atoms with E-state index in [4.69, 9.17) is 15.2 Å². The zero-order valence-corrected chi connectivity index (χ0v) is 15.1. The third-order valence-electron chi connectivity index (χ3n) is 3.79. The molecule has 0 spiro atoms. The van der Waals surface area contributed by atoms with Crippen molar-refractivity contribution in [3.63, 3.8) is 0 Å². The van der Waals surface area contributed by atoms with Crippen molar-refractivity contribution in [2.24, 2.45) is 0 Å². The molecular formula is C16H22N6O4. The van der Waals surface area contributed by atoms with Gasteiger partial charge in [0.15, 0.2) is 0 Å². The first-order valence-electron chi connectivity index (χ1n) is 8.00. The number of hydrogen-bond donors (Lipinski definition) is 2. The van der Waals surface area contributed by atoms with Crippen LogP contribution in [0.2, 0.25) is 0 Å². The molecule has 26 heavy (non-hydrogen) atoms. The molecule has 0 unspecified atom stereocenters. The van der Waals surface area contributed by atoms with E-state index in [-0.39, 0.29) is 11.6 Å². The molecule has 3 N–H and O–H groups in total. The number of nitrogens with two attached hydrogens (primary N) is 1. The van der Waals surface area contributed by atoms with Gasteiger partial charge < -0.3 is 25.4 Å². The van der Waals surface area contributed by atoms with Crippen LogP contribution in [0.5, 0.6) is 11.5 Å². The van der Waals surface area contributed by atoms with E-state index in [0.717, 1.165) is 0 Å². The van der Waals surface area contributed by atoms with Crippen LogP contribution < -0.4 is 25.4 Å². The van der Waals surface area contributed by atoms with Gasteiger partial charge in [0.25, 0.3) is 0 Å². The highest BCUT2D eigenvalue weighted by atomic mass is 16.6. The Morgan fingerprint density at radius 1 is 1.23 bits per heavy atom. The number of hydrogen-bond acceptors (Lipinski definition) is 9. The molecule has 0 amide bonds. The van der Waals surface area contributed by atoms with Crippen LogP contribution in [0.3, 0.4) is 0 Å². The van der Waals surface area contributed by atoms with Gasteiger partial charge in [-0.3, -0.25) is 10.1 Å². The topological polar surface area (TPSA) is 129 Å². The van der Waals surface area contributed by atoms with Gasteiger partial charge in [-0.15, -0.1) is 0 Å². The second-order valence-electron chi connectivity index (χ2n) is 5.23. The van der Waals surface area contributed by atoms with Gasteiger partial charge in [-0.2, -0.15) is 9.97 Å². The maximum absolute atomic E-state index is 11.5. The highest BCUT2D eigenvalue weighted by molar-refractivity contribution is 5.77. The molecule has 1 aromatic carbocycles. The highest BCUT2D eigenvalue weighted by Crippen LogP contribution is 2.36. The molecule has 0 bridgehead atoms. The zero-order valence-electron chi connectivity index (χ0n) is 15.1. The standard InChI is InChI=1S/C16H22N6O4/c1-5-21(6-2)16-19-14(17)13(22(23)24)15(20-16)18-11-9-10(25-3)7-8-12(11)26-4/h7-9H,5-6H2,1-4H3,(H3,17,18,19,20). The molecule has 0 atom stereocenters. The molecule has 0 aliphatic carbocycles. The molecule has 0 aliphatic heterocycles. The number of nitrogen functional groups attached to an aromatic ring is 1. The minimum atomic E-state index is -0.615. The van der Waals surface area contributed by atoms with E-state index in [2.05, 4.69) is 15.3 Å². The molecule has 2 aromatic rings. The first-order valence-corrected chi connectivity index (χ1v) is 8.00. The molecule has 0 fully saturated rings. The van der Waals surface area contributed by atoms with E-state index in [1.54, 1.807) is 18.2 Å². The van der Waals surface area contributed by atoms with Crippen molar-refractivity contribution >= 4 is 29.0 Å². The summed E-state index contributed by atoms with van der Waals surface area (Å²) in [7, 11) is 3.02.